The van der Waals surface area contributed by atoms with Gasteiger partial charge in [-0.1, -0.05) is 106 Å². The molecule has 0 aromatic heterocycles. The summed E-state index contributed by atoms with van der Waals surface area (Å²) in [6, 6.07) is 0. The Morgan fingerprint density at radius 3 is 0.955 bits per heavy atom. The molecule has 520 valence electrons. The van der Waals surface area contributed by atoms with Gasteiger partial charge in [0.1, 0.15) is 0 Å². The zero-order valence-electron chi connectivity index (χ0n) is 57.8. The van der Waals surface area contributed by atoms with Crippen LogP contribution in [0, 0.1) is 0 Å². The van der Waals surface area contributed by atoms with Crippen LogP contribution < -0.4 is 15.7 Å². The smallest absolute Gasteiger partial charge is 0.373 e. The molecular weight excluding hydrogens is 1130 g/mol. The predicted molar refractivity (Wildman–Crippen MR) is 349 cm³/mol. The highest BCUT2D eigenvalue weighted by Gasteiger charge is 2.10. The molecule has 0 atom stereocenters. The summed E-state index contributed by atoms with van der Waals surface area (Å²) in [5, 5.41) is 24.7. The normalized spacial score (nSPS) is 9.74. The molecule has 0 spiro atoms. The van der Waals surface area contributed by atoms with Gasteiger partial charge in [-0.15, -0.1) is 0 Å². The third kappa shape index (κ3) is 91.9. The van der Waals surface area contributed by atoms with E-state index in [0.717, 1.165) is 110 Å². The van der Waals surface area contributed by atoms with Crippen molar-refractivity contribution in [3.63, 3.8) is 0 Å². The Kier molecular flexibility index (Phi) is 91.8. The van der Waals surface area contributed by atoms with Crippen molar-refractivity contribution in [2.75, 3.05) is 101 Å². The third-order valence-corrected chi connectivity index (χ3v) is 12.5. The van der Waals surface area contributed by atoms with Crippen molar-refractivity contribution in [3.05, 3.63) is 12.7 Å². The zero-order chi connectivity index (χ0) is 68.1. The van der Waals surface area contributed by atoms with Crippen molar-refractivity contribution in [1.82, 2.24) is 25.3 Å². The van der Waals surface area contributed by atoms with E-state index in [1.807, 2.05) is 35.1 Å². The first-order chi connectivity index (χ1) is 42.2. The fourth-order valence-corrected chi connectivity index (χ4v) is 7.42. The van der Waals surface area contributed by atoms with Crippen LogP contribution >= 0.6 is 0 Å². The lowest BCUT2D eigenvalue weighted by Crippen LogP contribution is -2.27. The molecule has 3 amide bonds. The molecule has 0 rings (SSSR count). The average molecular weight is 1260 g/mol. The van der Waals surface area contributed by atoms with E-state index in [4.69, 9.17) is 33.6 Å². The standard InChI is InChI=1S/C23H43NO5.C19H34O6.C9H19NO2.C7H13NO.2C4H11N.CO2/c1-4-6-7-8-11-16-22(26)29-20-14-12-17-23(27)28-19-13-9-10-15-21(25)24(3)18-5-2;1-2-3-4-5-8-13-18(22)25-16-11-9-14-19(23)24-15-10-6-7-12-17(20)21;1-3-7-10(2)9(12)6-4-5-8-11;1-4-6-8(3)7(9)5-2;2*1-3-4-5-2;2-1-3/h4-20H2,1-3H3;2-16H2,1H3,(H,20,21);11H,3-8H2,1-2H3;5H,2,4,6H2,1,3H3;2*5H,3-4H2,1-2H3;/p-1. The van der Waals surface area contributed by atoms with Gasteiger partial charge in [-0.3, -0.25) is 33.6 Å². The molecule has 0 saturated heterocycles. The molecule has 0 heterocycles. The number of carboxylic acids is 1. The van der Waals surface area contributed by atoms with Crippen LogP contribution in [0.15, 0.2) is 12.7 Å². The Hall–Kier alpha value is -5.24. The lowest BCUT2D eigenvalue weighted by Gasteiger charge is -2.15. The van der Waals surface area contributed by atoms with Crippen LogP contribution in [-0.2, 0) is 66.9 Å². The summed E-state index contributed by atoms with van der Waals surface area (Å²) in [5.41, 5.74) is 0. The van der Waals surface area contributed by atoms with Gasteiger partial charge < -0.3 is 59.3 Å². The number of carbonyl (C=O) groups excluding carboxylic acids is 10. The molecule has 0 aromatic rings. The molecule has 0 unspecified atom stereocenters. The number of hydrogen-bond donors (Lipinski definition) is 3. The number of nitrogens with zero attached hydrogens (tertiary/aromatic N) is 3. The molecule has 0 fully saturated rings. The lowest BCUT2D eigenvalue weighted by molar-refractivity contribution is -0.305. The van der Waals surface area contributed by atoms with E-state index in [9.17, 15) is 43.5 Å². The van der Waals surface area contributed by atoms with E-state index in [1.165, 1.54) is 57.4 Å². The number of carbonyl (C=O) groups is 8. The lowest BCUT2D eigenvalue weighted by atomic mass is 10.1. The Balaban J connectivity index is -0.000000198. The highest BCUT2D eigenvalue weighted by Crippen LogP contribution is 2.10. The molecule has 0 bridgehead atoms. The Morgan fingerprint density at radius 2 is 0.682 bits per heavy atom. The highest BCUT2D eigenvalue weighted by atomic mass is 16.5. The number of aliphatic carboxylic acids is 1. The van der Waals surface area contributed by atoms with Crippen molar-refractivity contribution >= 4 is 53.7 Å². The van der Waals surface area contributed by atoms with Crippen LogP contribution in [-0.4, -0.2) is 175 Å². The van der Waals surface area contributed by atoms with E-state index < -0.39 is 5.97 Å². The Bertz CT molecular complexity index is 1620. The molecule has 0 aliphatic carbocycles. The zero-order valence-corrected chi connectivity index (χ0v) is 57.8. The quantitative estimate of drug-likeness (QED) is 0.0221. The molecule has 21 nitrogen and oxygen atoms in total. The molecule has 0 radical (unpaired) electrons. The number of rotatable bonds is 49. The minimum absolute atomic E-state index is 0.00292. The maximum atomic E-state index is 11.8. The van der Waals surface area contributed by atoms with Crippen molar-refractivity contribution in [3.8, 4) is 0 Å². The van der Waals surface area contributed by atoms with Crippen LogP contribution in [0.1, 0.15) is 267 Å². The van der Waals surface area contributed by atoms with Gasteiger partial charge >= 0.3 is 30.0 Å². The van der Waals surface area contributed by atoms with E-state index >= 15 is 0 Å². The predicted octanol–water partition coefficient (Wildman–Crippen LogP) is 10.7. The molecular formula is C67H130N5O16-. The molecule has 3 N–H and O–H groups in total. The maximum Gasteiger partial charge on any atom is 0.373 e. The summed E-state index contributed by atoms with van der Waals surface area (Å²) in [5.74, 6) is -1.44. The molecule has 21 heteroatoms. The van der Waals surface area contributed by atoms with E-state index in [-0.39, 0.29) is 60.8 Å². The summed E-state index contributed by atoms with van der Waals surface area (Å²) in [4.78, 5) is 112. The van der Waals surface area contributed by atoms with Crippen LogP contribution in [0.4, 0.5) is 0 Å². The molecule has 0 aliphatic heterocycles. The van der Waals surface area contributed by atoms with Gasteiger partial charge in [-0.25, -0.2) is 0 Å². The fourth-order valence-electron chi connectivity index (χ4n) is 7.42. The van der Waals surface area contributed by atoms with Gasteiger partial charge in [0.2, 0.25) is 17.7 Å². The third-order valence-electron chi connectivity index (χ3n) is 12.5. The number of nitrogens with one attached hydrogen (secondary N) is 2. The number of amides is 3. The van der Waals surface area contributed by atoms with Gasteiger partial charge in [0, 0.05) is 91.9 Å². The first-order valence-corrected chi connectivity index (χ1v) is 33.3. The maximum absolute atomic E-state index is 11.8. The minimum Gasteiger partial charge on any atom is -0.550 e. The number of ether oxygens (including phenoxy) is 4. The first kappa shape index (κ1) is 96.4. The number of carboxylic acid groups (broad SMARTS) is 1. The van der Waals surface area contributed by atoms with Gasteiger partial charge in [0.15, 0.2) is 0 Å². The number of aliphatic hydroxyl groups excluding tert-OH is 1. The second-order valence-electron chi connectivity index (χ2n) is 21.2. The Labute approximate surface area is 534 Å². The van der Waals surface area contributed by atoms with Gasteiger partial charge in [0.05, 0.1) is 26.4 Å². The van der Waals surface area contributed by atoms with Crippen LogP contribution in [0.3, 0.4) is 0 Å². The van der Waals surface area contributed by atoms with Crippen LogP contribution in [0.5, 0.6) is 0 Å². The Morgan fingerprint density at radius 1 is 0.409 bits per heavy atom. The topological polar surface area (TPSA) is 285 Å². The van der Waals surface area contributed by atoms with E-state index in [1.54, 1.807) is 21.7 Å². The van der Waals surface area contributed by atoms with E-state index in [2.05, 4.69) is 58.8 Å². The number of esters is 4. The van der Waals surface area contributed by atoms with Crippen molar-refractivity contribution in [2.45, 2.75) is 267 Å². The summed E-state index contributed by atoms with van der Waals surface area (Å²) in [7, 11) is 9.36. The second kappa shape index (κ2) is 83.8. The van der Waals surface area contributed by atoms with Crippen LogP contribution in [0.2, 0.25) is 0 Å². The van der Waals surface area contributed by atoms with Gasteiger partial charge in [0.25, 0.3) is 0 Å². The summed E-state index contributed by atoms with van der Waals surface area (Å²) in [6.45, 7) is 24.5. The van der Waals surface area contributed by atoms with Crippen LogP contribution in [0.25, 0.3) is 0 Å². The largest absolute Gasteiger partial charge is 0.550 e. The average Bonchev–Trinajstić information content (AvgIpc) is 3.50. The van der Waals surface area contributed by atoms with Crippen molar-refractivity contribution in [1.29, 1.82) is 0 Å². The minimum atomic E-state index is -1.05. The molecule has 0 aliphatic rings. The summed E-state index contributed by atoms with van der Waals surface area (Å²) >= 11 is 0. The summed E-state index contributed by atoms with van der Waals surface area (Å²) < 4.78 is 20.6. The van der Waals surface area contributed by atoms with Crippen molar-refractivity contribution in [2.24, 2.45) is 0 Å². The summed E-state index contributed by atoms with van der Waals surface area (Å²) in [6.07, 6.45) is 29.5. The van der Waals surface area contributed by atoms with Crippen molar-refractivity contribution < 1.29 is 77.1 Å². The fraction of sp³-hybridized carbons (Fsp3) is 0.836. The first-order valence-electron chi connectivity index (χ1n) is 33.3. The number of hydrogen-bond acceptors (Lipinski definition) is 18. The number of aliphatic hydroxyl groups is 1. The molecule has 0 aromatic carbocycles. The monoisotopic (exact) mass is 1260 g/mol. The second-order valence-corrected chi connectivity index (χ2v) is 21.2. The van der Waals surface area contributed by atoms with Gasteiger partial charge in [-0.2, -0.15) is 9.59 Å². The molecule has 0 saturated carbocycles. The van der Waals surface area contributed by atoms with E-state index in [0.29, 0.717) is 110 Å². The highest BCUT2D eigenvalue weighted by molar-refractivity contribution is 5.86. The molecule has 88 heavy (non-hydrogen) atoms. The number of unbranched alkanes of at least 4 members (excludes halogenated alkanes) is 15. The van der Waals surface area contributed by atoms with Gasteiger partial charge in [-0.05, 0) is 162 Å². The number of likely N-dealkylation sites (N-methyl/N-ethyl adjacent to an activating group) is 1. The SMILES string of the molecule is C=CC(=O)N(C)CCC.CCCCCCCC(=O)OCCCCC(=O)OCCCCCC(=O)N(C)CCC.CCCCCCCC(=O)OCCCCC(=O)OCCCCCC(=O)[O-].CCCN(C)C(=O)CCCCO.CCCNC.CCCNC.O=C=O.